The van der Waals surface area contributed by atoms with Gasteiger partial charge in [-0.1, -0.05) is 17.8 Å². The third kappa shape index (κ3) is 3.71. The fraction of sp³-hybridized carbons (Fsp3) is 0.167. The van der Waals surface area contributed by atoms with Gasteiger partial charge in [0, 0.05) is 12.1 Å². The van der Waals surface area contributed by atoms with Gasteiger partial charge in [-0.05, 0) is 43.3 Å². The van der Waals surface area contributed by atoms with Crippen LogP contribution in [-0.2, 0) is 6.54 Å². The number of carbonyl (C=O) groups is 1. The largest absolute Gasteiger partial charge is 0.461 e. The molecule has 0 radical (unpaired) electrons. The molecule has 3 aromatic rings. The van der Waals surface area contributed by atoms with E-state index >= 15 is 0 Å². The molecule has 0 spiro atoms. The van der Waals surface area contributed by atoms with Crippen LogP contribution in [0.2, 0.25) is 0 Å². The monoisotopic (exact) mass is 357 g/mol. The Morgan fingerprint density at radius 1 is 1.36 bits per heavy atom. The maximum atomic E-state index is 13.0. The van der Waals surface area contributed by atoms with Crippen molar-refractivity contribution in [3.63, 3.8) is 0 Å². The van der Waals surface area contributed by atoms with Crippen molar-refractivity contribution in [2.45, 2.75) is 23.9 Å². The summed E-state index contributed by atoms with van der Waals surface area (Å²) in [6.07, 6.45) is 3.29. The molecule has 1 atom stereocenters. The van der Waals surface area contributed by atoms with Gasteiger partial charge in [0.1, 0.15) is 5.82 Å². The Balaban J connectivity index is 1.83. The van der Waals surface area contributed by atoms with Crippen LogP contribution < -0.4 is 0 Å². The summed E-state index contributed by atoms with van der Waals surface area (Å²) < 4.78 is 20.2. The van der Waals surface area contributed by atoms with Crippen LogP contribution in [0.1, 0.15) is 17.3 Å². The Morgan fingerprint density at radius 2 is 2.12 bits per heavy atom. The number of hydrogen-bond donors (Lipinski definition) is 0. The first kappa shape index (κ1) is 17.2. The third-order valence-electron chi connectivity index (χ3n) is 3.55. The van der Waals surface area contributed by atoms with Crippen LogP contribution in [0.25, 0.3) is 11.6 Å². The number of aromatic nitrogens is 3. The van der Waals surface area contributed by atoms with Gasteiger partial charge in [0.25, 0.3) is 0 Å². The third-order valence-corrected chi connectivity index (χ3v) is 4.63. The standard InChI is InChI=1S/C18H16FN3O2S/c1-3-10-22-17(15-5-4-11-24-15)20-21-18(22)25-12(2)16(23)13-6-8-14(19)9-7-13/h3-9,11-12H,1,10H2,2H3. The summed E-state index contributed by atoms with van der Waals surface area (Å²) in [4.78, 5) is 12.5. The van der Waals surface area contributed by atoms with Crippen LogP contribution in [0.5, 0.6) is 0 Å². The highest BCUT2D eigenvalue weighted by Gasteiger charge is 2.22. The average Bonchev–Trinajstić information content (AvgIpc) is 3.26. The van der Waals surface area contributed by atoms with Gasteiger partial charge in [-0.3, -0.25) is 9.36 Å². The molecule has 0 amide bonds. The van der Waals surface area contributed by atoms with Crippen molar-refractivity contribution in [3.8, 4) is 11.6 Å². The minimum atomic E-state index is -0.400. The molecule has 128 valence electrons. The second-order valence-corrected chi connectivity index (χ2v) is 6.62. The van der Waals surface area contributed by atoms with E-state index in [4.69, 9.17) is 4.42 Å². The van der Waals surface area contributed by atoms with Gasteiger partial charge in [-0.25, -0.2) is 4.39 Å². The van der Waals surface area contributed by atoms with Crippen LogP contribution in [0.3, 0.4) is 0 Å². The number of Topliss-reactive ketones (excluding diaryl/α,β-unsaturated/α-hetero) is 1. The fourth-order valence-electron chi connectivity index (χ4n) is 2.32. The SMILES string of the molecule is C=CCn1c(SC(C)C(=O)c2ccc(F)cc2)nnc1-c1ccco1. The Bertz CT molecular complexity index is 872. The molecule has 0 aliphatic carbocycles. The summed E-state index contributed by atoms with van der Waals surface area (Å²) >= 11 is 1.29. The smallest absolute Gasteiger partial charge is 0.200 e. The second-order valence-electron chi connectivity index (χ2n) is 5.31. The molecule has 0 bridgehead atoms. The highest BCUT2D eigenvalue weighted by atomic mass is 32.2. The number of allylic oxidation sites excluding steroid dienone is 1. The average molecular weight is 357 g/mol. The molecule has 0 N–H and O–H groups in total. The van der Waals surface area contributed by atoms with Crippen molar-refractivity contribution in [3.05, 3.63) is 66.7 Å². The normalized spacial score (nSPS) is 12.1. The van der Waals surface area contributed by atoms with Crippen molar-refractivity contribution in [1.82, 2.24) is 14.8 Å². The Morgan fingerprint density at radius 3 is 2.76 bits per heavy atom. The van der Waals surface area contributed by atoms with E-state index in [9.17, 15) is 9.18 Å². The Hall–Kier alpha value is -2.67. The van der Waals surface area contributed by atoms with Gasteiger partial charge in [0.05, 0.1) is 11.5 Å². The number of halogens is 1. The van der Waals surface area contributed by atoms with Crippen LogP contribution >= 0.6 is 11.8 Å². The van der Waals surface area contributed by atoms with Crippen LogP contribution in [-0.4, -0.2) is 25.8 Å². The van der Waals surface area contributed by atoms with Gasteiger partial charge < -0.3 is 4.42 Å². The number of ketones is 1. The van der Waals surface area contributed by atoms with Gasteiger partial charge in [-0.15, -0.1) is 16.8 Å². The van der Waals surface area contributed by atoms with Crippen molar-refractivity contribution >= 4 is 17.5 Å². The minimum absolute atomic E-state index is 0.0994. The Kier molecular flexibility index (Phi) is 5.14. The fourth-order valence-corrected chi connectivity index (χ4v) is 3.25. The molecule has 2 heterocycles. The summed E-state index contributed by atoms with van der Waals surface area (Å²) in [5.74, 6) is 0.705. The summed E-state index contributed by atoms with van der Waals surface area (Å²) in [5, 5.41) is 8.53. The number of carbonyl (C=O) groups excluding carboxylic acids is 1. The Labute approximate surface area is 148 Å². The number of hydrogen-bond acceptors (Lipinski definition) is 5. The lowest BCUT2D eigenvalue weighted by molar-refractivity contribution is 0.0994. The molecular formula is C18H16FN3O2S. The number of rotatable bonds is 7. The van der Waals surface area contributed by atoms with Crippen molar-refractivity contribution in [1.29, 1.82) is 0 Å². The second kappa shape index (κ2) is 7.48. The molecule has 7 heteroatoms. The molecule has 2 aromatic heterocycles. The van der Waals surface area contributed by atoms with Crippen LogP contribution in [0, 0.1) is 5.82 Å². The first-order chi connectivity index (χ1) is 12.1. The maximum Gasteiger partial charge on any atom is 0.200 e. The van der Waals surface area contributed by atoms with Crippen LogP contribution in [0.4, 0.5) is 4.39 Å². The van der Waals surface area contributed by atoms with E-state index in [0.717, 1.165) is 0 Å². The predicted octanol–water partition coefficient (Wildman–Crippen LogP) is 4.23. The van der Waals surface area contributed by atoms with Gasteiger partial charge in [-0.2, -0.15) is 0 Å². The van der Waals surface area contributed by atoms with Crippen molar-refractivity contribution < 1.29 is 13.6 Å². The van der Waals surface area contributed by atoms with Crippen LogP contribution in [0.15, 0.2) is 64.9 Å². The van der Waals surface area contributed by atoms with E-state index in [1.807, 2.05) is 4.57 Å². The number of furan rings is 1. The molecule has 25 heavy (non-hydrogen) atoms. The van der Waals surface area contributed by atoms with Gasteiger partial charge in [0.15, 0.2) is 16.7 Å². The highest BCUT2D eigenvalue weighted by Crippen LogP contribution is 2.28. The van der Waals surface area contributed by atoms with Crippen molar-refractivity contribution in [2.24, 2.45) is 0 Å². The molecule has 0 fully saturated rings. The lowest BCUT2D eigenvalue weighted by Crippen LogP contribution is -2.14. The molecule has 1 unspecified atom stereocenters. The molecular weight excluding hydrogens is 341 g/mol. The molecule has 0 saturated heterocycles. The topological polar surface area (TPSA) is 60.9 Å². The maximum absolute atomic E-state index is 13.0. The number of benzene rings is 1. The van der Waals surface area contributed by atoms with Gasteiger partial charge >= 0.3 is 0 Å². The quantitative estimate of drug-likeness (QED) is 0.360. The van der Waals surface area contributed by atoms with E-state index in [1.165, 1.54) is 36.0 Å². The molecule has 0 aliphatic rings. The zero-order chi connectivity index (χ0) is 17.8. The minimum Gasteiger partial charge on any atom is -0.461 e. The number of thioether (sulfide) groups is 1. The first-order valence-corrected chi connectivity index (χ1v) is 8.52. The molecule has 0 saturated carbocycles. The lowest BCUT2D eigenvalue weighted by atomic mass is 10.1. The van der Waals surface area contributed by atoms with Crippen molar-refractivity contribution in [2.75, 3.05) is 0 Å². The summed E-state index contributed by atoms with van der Waals surface area (Å²) in [5.41, 5.74) is 0.461. The first-order valence-electron chi connectivity index (χ1n) is 7.64. The van der Waals surface area contributed by atoms with E-state index in [-0.39, 0.29) is 11.6 Å². The lowest BCUT2D eigenvalue weighted by Gasteiger charge is -2.11. The number of nitrogens with zero attached hydrogens (tertiary/aromatic N) is 3. The zero-order valence-corrected chi connectivity index (χ0v) is 14.4. The molecule has 0 aliphatic heterocycles. The molecule has 1 aromatic carbocycles. The van der Waals surface area contributed by atoms with E-state index in [0.29, 0.717) is 28.8 Å². The van der Waals surface area contributed by atoms with Gasteiger partial charge in [0.2, 0.25) is 5.82 Å². The summed E-state index contributed by atoms with van der Waals surface area (Å²) in [7, 11) is 0. The highest BCUT2D eigenvalue weighted by molar-refractivity contribution is 8.00. The molecule has 3 rings (SSSR count). The van der Waals surface area contributed by atoms with E-state index in [2.05, 4.69) is 16.8 Å². The zero-order valence-electron chi connectivity index (χ0n) is 13.6. The summed E-state index contributed by atoms with van der Waals surface area (Å²) in [6, 6.07) is 9.09. The van der Waals surface area contributed by atoms with E-state index < -0.39 is 5.25 Å². The summed E-state index contributed by atoms with van der Waals surface area (Å²) in [6.45, 7) is 6.03. The molecule has 5 nitrogen and oxygen atoms in total. The van der Waals surface area contributed by atoms with E-state index in [1.54, 1.807) is 31.4 Å². The predicted molar refractivity (Wildman–Crippen MR) is 94.0 cm³/mol.